The van der Waals surface area contributed by atoms with E-state index in [2.05, 4.69) is 26.1 Å². The van der Waals surface area contributed by atoms with E-state index in [0.29, 0.717) is 26.1 Å². The lowest BCUT2D eigenvalue weighted by atomic mass is 10.3. The normalized spacial score (nSPS) is 11.6. The lowest BCUT2D eigenvalue weighted by Gasteiger charge is -2.23. The highest BCUT2D eigenvalue weighted by atomic mass is 79.9. The van der Waals surface area contributed by atoms with E-state index in [1.54, 1.807) is 13.3 Å². The summed E-state index contributed by atoms with van der Waals surface area (Å²) in [5, 5.41) is 11.5. The number of ether oxygens (including phenoxy) is 1. The van der Waals surface area contributed by atoms with Crippen LogP contribution >= 0.6 is 15.9 Å². The van der Waals surface area contributed by atoms with Crippen LogP contribution in [-0.2, 0) is 4.74 Å². The molecule has 0 aromatic carbocycles. The molecule has 0 radical (unpaired) electrons. The van der Waals surface area contributed by atoms with Gasteiger partial charge in [0.15, 0.2) is 0 Å². The van der Waals surface area contributed by atoms with Gasteiger partial charge in [-0.2, -0.15) is 0 Å². The predicted molar refractivity (Wildman–Crippen MR) is 74.1 cm³/mol. The number of hydrogen-bond donors (Lipinski definition) is 2. The predicted octanol–water partition coefficient (Wildman–Crippen LogP) is 1.43. The van der Waals surface area contributed by atoms with Crippen molar-refractivity contribution in [2.75, 3.05) is 31.7 Å². The van der Waals surface area contributed by atoms with Gasteiger partial charge in [0.05, 0.1) is 6.61 Å². The monoisotopic (exact) mass is 316 g/mol. The molecule has 18 heavy (non-hydrogen) atoms. The van der Waals surface area contributed by atoms with Gasteiger partial charge in [-0.15, -0.1) is 0 Å². The summed E-state index contributed by atoms with van der Waals surface area (Å²) in [4.78, 5) is 6.34. The molecule has 0 atom stereocenters. The van der Waals surface area contributed by atoms with E-state index in [4.69, 9.17) is 15.7 Å². The fourth-order valence-corrected chi connectivity index (χ4v) is 1.63. The smallest absolute Gasteiger partial charge is 0.140 e. The molecule has 0 aliphatic rings. The summed E-state index contributed by atoms with van der Waals surface area (Å²) >= 11 is 3.34. The molecule has 0 saturated heterocycles. The van der Waals surface area contributed by atoms with Gasteiger partial charge in [-0.1, -0.05) is 5.16 Å². The van der Waals surface area contributed by atoms with Crippen LogP contribution in [0.1, 0.15) is 6.42 Å². The Morgan fingerprint density at radius 3 is 2.89 bits per heavy atom. The molecule has 0 amide bonds. The summed E-state index contributed by atoms with van der Waals surface area (Å²) in [6.07, 6.45) is 2.20. The van der Waals surface area contributed by atoms with Crippen LogP contribution < -0.4 is 10.6 Å². The van der Waals surface area contributed by atoms with Crippen LogP contribution in [0.25, 0.3) is 0 Å². The second-order valence-electron chi connectivity index (χ2n) is 3.66. The third kappa shape index (κ3) is 4.89. The fourth-order valence-electron chi connectivity index (χ4n) is 1.40. The number of nitrogens with zero attached hydrogens (tertiary/aromatic N) is 3. The molecule has 0 bridgehead atoms. The molecule has 0 saturated carbocycles. The van der Waals surface area contributed by atoms with Gasteiger partial charge in [-0.25, -0.2) is 4.98 Å². The van der Waals surface area contributed by atoms with Gasteiger partial charge < -0.3 is 20.6 Å². The maximum Gasteiger partial charge on any atom is 0.140 e. The van der Waals surface area contributed by atoms with Crippen molar-refractivity contribution in [1.82, 2.24) is 4.98 Å². The third-order valence-corrected chi connectivity index (χ3v) is 2.84. The average Bonchev–Trinajstić information content (AvgIpc) is 2.40. The van der Waals surface area contributed by atoms with E-state index >= 15 is 0 Å². The zero-order chi connectivity index (χ0) is 13.4. The summed E-state index contributed by atoms with van der Waals surface area (Å²) in [5.74, 6) is 1.04. The summed E-state index contributed by atoms with van der Waals surface area (Å²) in [6, 6.07) is 3.83. The van der Waals surface area contributed by atoms with Gasteiger partial charge >= 0.3 is 0 Å². The molecule has 0 fully saturated rings. The van der Waals surface area contributed by atoms with Crippen molar-refractivity contribution in [1.29, 1.82) is 0 Å². The molecule has 1 heterocycles. The van der Waals surface area contributed by atoms with E-state index in [-0.39, 0.29) is 5.84 Å². The fraction of sp³-hybridized carbons (Fsp3) is 0.455. The maximum absolute atomic E-state index is 8.53. The van der Waals surface area contributed by atoms with Crippen molar-refractivity contribution in [3.8, 4) is 0 Å². The van der Waals surface area contributed by atoms with Crippen molar-refractivity contribution in [3.63, 3.8) is 0 Å². The van der Waals surface area contributed by atoms with Gasteiger partial charge in [0.25, 0.3) is 0 Å². The van der Waals surface area contributed by atoms with Crippen LogP contribution in [0.4, 0.5) is 5.82 Å². The molecule has 0 aliphatic carbocycles. The first kappa shape index (κ1) is 14.7. The Kier molecular flexibility index (Phi) is 6.45. The first-order valence-corrected chi connectivity index (χ1v) is 6.28. The second-order valence-corrected chi connectivity index (χ2v) is 4.57. The summed E-state index contributed by atoms with van der Waals surface area (Å²) < 4.78 is 5.99. The molecule has 0 aliphatic heterocycles. The van der Waals surface area contributed by atoms with Crippen molar-refractivity contribution in [2.45, 2.75) is 6.42 Å². The van der Waals surface area contributed by atoms with E-state index < -0.39 is 0 Å². The number of nitrogens with two attached hydrogens (primary N) is 1. The minimum absolute atomic E-state index is 0.203. The molecule has 1 rings (SSSR count). The standard InChI is InChI=1S/C11H17BrN4O2/c1-18-7-6-16(5-4-10(13)15-17)11-3-2-9(12)8-14-11/h2-3,8,17H,4-7H2,1H3,(H2,13,15). The van der Waals surface area contributed by atoms with E-state index in [1.165, 1.54) is 0 Å². The van der Waals surface area contributed by atoms with Crippen molar-refractivity contribution in [3.05, 3.63) is 22.8 Å². The molecule has 1 aromatic heterocycles. The lowest BCUT2D eigenvalue weighted by molar-refractivity contribution is 0.205. The number of amidine groups is 1. The van der Waals surface area contributed by atoms with Gasteiger partial charge in [0, 0.05) is 37.3 Å². The summed E-state index contributed by atoms with van der Waals surface area (Å²) in [7, 11) is 1.65. The van der Waals surface area contributed by atoms with Gasteiger partial charge in [0.2, 0.25) is 0 Å². The molecular weight excluding hydrogens is 300 g/mol. The molecule has 0 spiro atoms. The zero-order valence-electron chi connectivity index (χ0n) is 10.2. The molecular formula is C11H17BrN4O2. The van der Waals surface area contributed by atoms with Crippen molar-refractivity contribution < 1.29 is 9.94 Å². The van der Waals surface area contributed by atoms with Crippen LogP contribution in [0.3, 0.4) is 0 Å². The molecule has 3 N–H and O–H groups in total. The minimum atomic E-state index is 0.203. The van der Waals surface area contributed by atoms with Crippen molar-refractivity contribution in [2.24, 2.45) is 10.9 Å². The van der Waals surface area contributed by atoms with E-state index in [1.807, 2.05) is 17.0 Å². The Hall–Kier alpha value is -1.34. The van der Waals surface area contributed by atoms with Crippen LogP contribution in [0.5, 0.6) is 0 Å². The number of rotatable bonds is 7. The number of hydrogen-bond acceptors (Lipinski definition) is 5. The number of methoxy groups -OCH3 is 1. The number of oxime groups is 1. The highest BCUT2D eigenvalue weighted by Crippen LogP contribution is 2.14. The second kappa shape index (κ2) is 7.88. The quantitative estimate of drug-likeness (QED) is 0.344. The Labute approximate surface area is 115 Å². The molecule has 7 heteroatoms. The van der Waals surface area contributed by atoms with E-state index in [9.17, 15) is 0 Å². The summed E-state index contributed by atoms with van der Waals surface area (Å²) in [5.41, 5.74) is 5.47. The highest BCUT2D eigenvalue weighted by molar-refractivity contribution is 9.10. The first-order valence-electron chi connectivity index (χ1n) is 5.49. The number of aromatic nitrogens is 1. The Morgan fingerprint density at radius 2 is 2.33 bits per heavy atom. The van der Waals surface area contributed by atoms with Gasteiger partial charge in [-0.3, -0.25) is 0 Å². The Balaban J connectivity index is 2.67. The lowest BCUT2D eigenvalue weighted by Crippen LogP contribution is -2.31. The average molecular weight is 317 g/mol. The summed E-state index contributed by atoms with van der Waals surface area (Å²) in [6.45, 7) is 1.91. The highest BCUT2D eigenvalue weighted by Gasteiger charge is 2.08. The zero-order valence-corrected chi connectivity index (χ0v) is 11.8. The molecule has 1 aromatic rings. The molecule has 6 nitrogen and oxygen atoms in total. The molecule has 0 unspecified atom stereocenters. The van der Waals surface area contributed by atoms with Gasteiger partial charge in [-0.05, 0) is 28.1 Å². The molecule has 100 valence electrons. The number of halogens is 1. The largest absolute Gasteiger partial charge is 0.409 e. The first-order chi connectivity index (χ1) is 8.67. The van der Waals surface area contributed by atoms with E-state index in [0.717, 1.165) is 10.3 Å². The number of pyridine rings is 1. The Bertz CT molecular complexity index is 383. The van der Waals surface area contributed by atoms with Crippen LogP contribution in [0, 0.1) is 0 Å². The third-order valence-electron chi connectivity index (χ3n) is 2.37. The van der Waals surface area contributed by atoms with Crippen LogP contribution in [0.15, 0.2) is 28.0 Å². The minimum Gasteiger partial charge on any atom is -0.409 e. The van der Waals surface area contributed by atoms with Crippen molar-refractivity contribution >= 4 is 27.6 Å². The van der Waals surface area contributed by atoms with Crippen LogP contribution in [0.2, 0.25) is 0 Å². The Morgan fingerprint density at radius 1 is 1.56 bits per heavy atom. The topological polar surface area (TPSA) is 84.0 Å². The van der Waals surface area contributed by atoms with Gasteiger partial charge in [0.1, 0.15) is 11.7 Å². The number of anilines is 1. The van der Waals surface area contributed by atoms with Crippen LogP contribution in [-0.4, -0.2) is 42.8 Å². The maximum atomic E-state index is 8.53. The SMILES string of the molecule is COCCN(CCC(N)=NO)c1ccc(Br)cn1.